The van der Waals surface area contributed by atoms with Gasteiger partial charge in [0.05, 0.1) is 18.2 Å². The number of rotatable bonds is 1. The van der Waals surface area contributed by atoms with E-state index in [1.165, 1.54) is 12.4 Å². The Balaban J connectivity index is 2.89. The van der Waals surface area contributed by atoms with Crippen LogP contribution in [0.5, 0.6) is 5.75 Å². The van der Waals surface area contributed by atoms with Gasteiger partial charge in [0.2, 0.25) is 0 Å². The highest BCUT2D eigenvalue weighted by Gasteiger charge is 2.22. The van der Waals surface area contributed by atoms with Crippen LogP contribution in [-0.4, -0.2) is 17.1 Å². The van der Waals surface area contributed by atoms with Gasteiger partial charge in [-0.3, -0.25) is 0 Å². The van der Waals surface area contributed by atoms with Crippen molar-refractivity contribution in [2.75, 3.05) is 7.11 Å². The molecule has 1 aromatic carbocycles. The van der Waals surface area contributed by atoms with Crippen LogP contribution in [-0.2, 0) is 5.41 Å². The van der Waals surface area contributed by atoms with E-state index in [1.54, 1.807) is 13.2 Å². The Labute approximate surface area is 99.7 Å². The van der Waals surface area contributed by atoms with Crippen molar-refractivity contribution in [2.45, 2.75) is 26.2 Å². The number of aromatic nitrogens is 2. The molecule has 1 heterocycles. The first-order valence-corrected chi connectivity index (χ1v) is 5.43. The molecule has 0 N–H and O–H groups in total. The van der Waals surface area contributed by atoms with Gasteiger partial charge in [0, 0.05) is 5.41 Å². The molecular formula is C13H15FN2O. The first-order chi connectivity index (χ1) is 7.95. The van der Waals surface area contributed by atoms with Gasteiger partial charge in [-0.15, -0.1) is 0 Å². The molecule has 2 aromatic rings. The molecule has 0 unspecified atom stereocenters. The molecule has 0 bridgehead atoms. The maximum absolute atomic E-state index is 14.0. The zero-order valence-electron chi connectivity index (χ0n) is 10.4. The quantitative estimate of drug-likeness (QED) is 0.760. The fourth-order valence-corrected chi connectivity index (χ4v) is 1.84. The minimum Gasteiger partial charge on any atom is -0.494 e. The van der Waals surface area contributed by atoms with Crippen molar-refractivity contribution < 1.29 is 9.13 Å². The van der Waals surface area contributed by atoms with Gasteiger partial charge in [-0.1, -0.05) is 20.8 Å². The molecule has 0 amide bonds. The summed E-state index contributed by atoms with van der Waals surface area (Å²) in [5, 5.41) is 0.444. The summed E-state index contributed by atoms with van der Waals surface area (Å²) in [7, 11) is 1.55. The molecule has 0 aliphatic carbocycles. The highest BCUT2D eigenvalue weighted by molar-refractivity contribution is 5.87. The molecule has 0 aliphatic rings. The molecule has 0 radical (unpaired) electrons. The SMILES string of the molecule is COc1ccc(F)c2c(C(C)(C)C)ncnc12. The van der Waals surface area contributed by atoms with Crippen LogP contribution in [0, 0.1) is 5.82 Å². The molecule has 4 heteroatoms. The van der Waals surface area contributed by atoms with Crippen LogP contribution in [0.2, 0.25) is 0 Å². The predicted octanol–water partition coefficient (Wildman–Crippen LogP) is 3.08. The fourth-order valence-electron chi connectivity index (χ4n) is 1.84. The Bertz CT molecular complexity index is 561. The number of benzene rings is 1. The largest absolute Gasteiger partial charge is 0.494 e. The van der Waals surface area contributed by atoms with Gasteiger partial charge in [0.15, 0.2) is 0 Å². The zero-order valence-corrected chi connectivity index (χ0v) is 10.4. The maximum atomic E-state index is 14.0. The van der Waals surface area contributed by atoms with Crippen molar-refractivity contribution in [3.63, 3.8) is 0 Å². The number of halogens is 1. The summed E-state index contributed by atoms with van der Waals surface area (Å²) in [4.78, 5) is 8.32. The van der Waals surface area contributed by atoms with Crippen molar-refractivity contribution in [2.24, 2.45) is 0 Å². The minimum absolute atomic E-state index is 0.242. The van der Waals surface area contributed by atoms with Crippen LogP contribution in [0.25, 0.3) is 10.9 Å². The van der Waals surface area contributed by atoms with Crippen LogP contribution >= 0.6 is 0 Å². The second-order valence-electron chi connectivity index (χ2n) is 4.95. The number of methoxy groups -OCH3 is 1. The van der Waals surface area contributed by atoms with Crippen molar-refractivity contribution in [3.8, 4) is 5.75 Å². The summed E-state index contributed by atoms with van der Waals surface area (Å²) in [5.74, 6) is 0.251. The Hall–Kier alpha value is -1.71. The molecule has 0 saturated carbocycles. The standard InChI is InChI=1S/C13H15FN2O/c1-13(2,3)12-10-8(14)5-6-9(17-4)11(10)15-7-16-12/h5-7H,1-4H3. The summed E-state index contributed by atoms with van der Waals surface area (Å²) < 4.78 is 19.2. The number of ether oxygens (including phenoxy) is 1. The minimum atomic E-state index is -0.314. The highest BCUT2D eigenvalue weighted by atomic mass is 19.1. The van der Waals surface area contributed by atoms with E-state index in [-0.39, 0.29) is 11.2 Å². The molecule has 0 aliphatic heterocycles. The lowest BCUT2D eigenvalue weighted by molar-refractivity contribution is 0.418. The molecule has 0 spiro atoms. The Kier molecular flexibility index (Phi) is 2.73. The first-order valence-electron chi connectivity index (χ1n) is 5.43. The van der Waals surface area contributed by atoms with Gasteiger partial charge in [-0.25, -0.2) is 14.4 Å². The second-order valence-corrected chi connectivity index (χ2v) is 4.95. The van der Waals surface area contributed by atoms with Crippen LogP contribution in [0.1, 0.15) is 26.5 Å². The Morgan fingerprint density at radius 3 is 2.47 bits per heavy atom. The fraction of sp³-hybridized carbons (Fsp3) is 0.385. The Morgan fingerprint density at radius 1 is 1.18 bits per heavy atom. The zero-order chi connectivity index (χ0) is 12.6. The van der Waals surface area contributed by atoms with Crippen LogP contribution in [0.15, 0.2) is 18.5 Å². The van der Waals surface area contributed by atoms with Crippen molar-refractivity contribution in [1.82, 2.24) is 9.97 Å². The third-order valence-electron chi connectivity index (χ3n) is 2.63. The molecule has 90 valence electrons. The molecule has 3 nitrogen and oxygen atoms in total. The smallest absolute Gasteiger partial charge is 0.145 e. The molecule has 17 heavy (non-hydrogen) atoms. The van der Waals surface area contributed by atoms with E-state index in [4.69, 9.17) is 4.74 Å². The van der Waals surface area contributed by atoms with Crippen molar-refractivity contribution in [1.29, 1.82) is 0 Å². The number of hydrogen-bond acceptors (Lipinski definition) is 3. The van der Waals surface area contributed by atoms with Gasteiger partial charge in [0.25, 0.3) is 0 Å². The summed E-state index contributed by atoms with van der Waals surface area (Å²) in [6, 6.07) is 2.97. The third kappa shape index (κ3) is 1.95. The van der Waals surface area contributed by atoms with Crippen molar-refractivity contribution >= 4 is 10.9 Å². The molecule has 2 rings (SSSR count). The second kappa shape index (κ2) is 3.95. The van der Waals surface area contributed by atoms with Gasteiger partial charge in [0.1, 0.15) is 23.4 Å². The van der Waals surface area contributed by atoms with E-state index >= 15 is 0 Å². The lowest BCUT2D eigenvalue weighted by Gasteiger charge is -2.20. The maximum Gasteiger partial charge on any atom is 0.145 e. The normalized spacial score (nSPS) is 11.8. The highest BCUT2D eigenvalue weighted by Crippen LogP contribution is 2.32. The van der Waals surface area contributed by atoms with E-state index in [2.05, 4.69) is 9.97 Å². The third-order valence-corrected chi connectivity index (χ3v) is 2.63. The summed E-state index contributed by atoms with van der Waals surface area (Å²) >= 11 is 0. The van der Waals surface area contributed by atoms with Gasteiger partial charge < -0.3 is 4.74 Å². The summed E-state index contributed by atoms with van der Waals surface area (Å²) in [5.41, 5.74) is 0.973. The van der Waals surface area contributed by atoms with E-state index < -0.39 is 0 Å². The van der Waals surface area contributed by atoms with Gasteiger partial charge in [-0.2, -0.15) is 0 Å². The van der Waals surface area contributed by atoms with Crippen molar-refractivity contribution in [3.05, 3.63) is 30.0 Å². The van der Waals surface area contributed by atoms with E-state index in [1.807, 2.05) is 20.8 Å². The lowest BCUT2D eigenvalue weighted by atomic mass is 9.89. The average Bonchev–Trinajstić information content (AvgIpc) is 2.28. The predicted molar refractivity (Wildman–Crippen MR) is 64.7 cm³/mol. The van der Waals surface area contributed by atoms with E-state index in [0.717, 1.165) is 0 Å². The molecule has 1 aromatic heterocycles. The molecule has 0 saturated heterocycles. The number of hydrogen-bond donors (Lipinski definition) is 0. The summed E-state index contributed by atoms with van der Waals surface area (Å²) in [6.45, 7) is 5.98. The lowest BCUT2D eigenvalue weighted by Crippen LogP contribution is -2.15. The van der Waals surface area contributed by atoms with Crippen LogP contribution in [0.3, 0.4) is 0 Å². The van der Waals surface area contributed by atoms with Crippen LogP contribution < -0.4 is 4.74 Å². The van der Waals surface area contributed by atoms with E-state index in [9.17, 15) is 4.39 Å². The first kappa shape index (κ1) is 11.8. The average molecular weight is 234 g/mol. The van der Waals surface area contributed by atoms with Gasteiger partial charge in [-0.05, 0) is 12.1 Å². The van der Waals surface area contributed by atoms with E-state index in [0.29, 0.717) is 22.3 Å². The molecule has 0 fully saturated rings. The summed E-state index contributed by atoms with van der Waals surface area (Å²) in [6.07, 6.45) is 1.45. The Morgan fingerprint density at radius 2 is 1.88 bits per heavy atom. The monoisotopic (exact) mass is 234 g/mol. The topological polar surface area (TPSA) is 35.0 Å². The van der Waals surface area contributed by atoms with Gasteiger partial charge >= 0.3 is 0 Å². The number of nitrogens with zero attached hydrogens (tertiary/aromatic N) is 2. The molecule has 0 atom stereocenters. The van der Waals surface area contributed by atoms with Crippen LogP contribution in [0.4, 0.5) is 4.39 Å². The number of fused-ring (bicyclic) bond motifs is 1. The molecular weight excluding hydrogens is 219 g/mol.